The van der Waals surface area contributed by atoms with E-state index in [9.17, 15) is 27.9 Å². The molecule has 2 atom stereocenters. The fourth-order valence-corrected chi connectivity index (χ4v) is 4.00. The van der Waals surface area contributed by atoms with Crippen molar-refractivity contribution < 1.29 is 37.3 Å². The van der Waals surface area contributed by atoms with Crippen LogP contribution < -0.4 is 14.8 Å². The molecule has 3 aromatic rings. The monoisotopic (exact) mass is 523 g/mol. The number of nitrogens with one attached hydrogen (secondary N) is 1. The topological polar surface area (TPSA) is 84.9 Å². The molecule has 10 heteroatoms. The van der Waals surface area contributed by atoms with E-state index in [0.29, 0.717) is 22.4 Å². The number of carbonyl (C=O) groups excluding carboxylic acids is 1. The minimum absolute atomic E-state index is 0.0766. The first-order valence-corrected chi connectivity index (χ1v) is 11.6. The standard InChI is InChI=1S/C26H25ClF3NO5/c1-3-4-15(2)22(25(33)34)31-24(32)20-12-8-17-7-9-18(27)13-21(17)23(20)35-14-16-5-10-19(11-6-16)36-26(28,29)30/h5-13,15,22H,3-4,14H2,1-2H3,(H,31,32)(H,33,34). The van der Waals surface area contributed by atoms with Gasteiger partial charge in [-0.3, -0.25) is 4.79 Å². The van der Waals surface area contributed by atoms with Gasteiger partial charge in [0.1, 0.15) is 24.1 Å². The average molecular weight is 524 g/mol. The molecule has 1 amide bonds. The molecule has 0 aromatic heterocycles. The van der Waals surface area contributed by atoms with Crippen molar-refractivity contribution in [1.82, 2.24) is 5.32 Å². The maximum atomic E-state index is 13.2. The molecule has 0 aliphatic rings. The normalized spacial score (nSPS) is 13.2. The quantitative estimate of drug-likeness (QED) is 0.313. The van der Waals surface area contributed by atoms with Gasteiger partial charge in [0.25, 0.3) is 5.91 Å². The van der Waals surface area contributed by atoms with Crippen molar-refractivity contribution >= 4 is 34.2 Å². The van der Waals surface area contributed by atoms with Crippen LogP contribution in [0.3, 0.4) is 0 Å². The van der Waals surface area contributed by atoms with Gasteiger partial charge in [0.05, 0.1) is 5.56 Å². The third-order valence-corrected chi connectivity index (χ3v) is 5.82. The van der Waals surface area contributed by atoms with Crippen LogP contribution in [-0.2, 0) is 11.4 Å². The molecule has 3 aromatic carbocycles. The van der Waals surface area contributed by atoms with Gasteiger partial charge in [0.2, 0.25) is 0 Å². The van der Waals surface area contributed by atoms with Crippen LogP contribution in [0.1, 0.15) is 42.6 Å². The number of rotatable bonds is 10. The lowest BCUT2D eigenvalue weighted by atomic mass is 9.96. The Labute approximate surface area is 211 Å². The van der Waals surface area contributed by atoms with Crippen LogP contribution in [0.15, 0.2) is 54.6 Å². The molecule has 2 N–H and O–H groups in total. The zero-order valence-electron chi connectivity index (χ0n) is 19.6. The first-order valence-electron chi connectivity index (χ1n) is 11.2. The molecule has 36 heavy (non-hydrogen) atoms. The lowest BCUT2D eigenvalue weighted by molar-refractivity contribution is -0.274. The number of fused-ring (bicyclic) bond motifs is 1. The molecular formula is C26H25ClF3NO5. The fourth-order valence-electron chi connectivity index (χ4n) is 3.83. The first-order chi connectivity index (χ1) is 17.0. The molecule has 192 valence electrons. The van der Waals surface area contributed by atoms with Crippen molar-refractivity contribution in [3.8, 4) is 11.5 Å². The van der Waals surface area contributed by atoms with Gasteiger partial charge in [0.15, 0.2) is 0 Å². The van der Waals surface area contributed by atoms with Gasteiger partial charge in [-0.15, -0.1) is 13.2 Å². The summed E-state index contributed by atoms with van der Waals surface area (Å²) in [6.07, 6.45) is -3.43. The summed E-state index contributed by atoms with van der Waals surface area (Å²) in [6.45, 7) is 3.61. The van der Waals surface area contributed by atoms with E-state index in [1.165, 1.54) is 18.2 Å². The lowest BCUT2D eigenvalue weighted by Crippen LogP contribution is -2.45. The van der Waals surface area contributed by atoms with Crippen molar-refractivity contribution in [2.75, 3.05) is 0 Å². The molecule has 0 aliphatic heterocycles. The maximum absolute atomic E-state index is 13.2. The van der Waals surface area contributed by atoms with Gasteiger partial charge in [-0.2, -0.15) is 0 Å². The lowest BCUT2D eigenvalue weighted by Gasteiger charge is -2.22. The molecule has 2 unspecified atom stereocenters. The fraction of sp³-hybridized carbons (Fsp3) is 0.308. The minimum atomic E-state index is -4.80. The Morgan fingerprint density at radius 2 is 1.75 bits per heavy atom. The largest absolute Gasteiger partial charge is 0.573 e. The maximum Gasteiger partial charge on any atom is 0.573 e. The summed E-state index contributed by atoms with van der Waals surface area (Å²) >= 11 is 6.17. The number of hydrogen-bond acceptors (Lipinski definition) is 4. The first kappa shape index (κ1) is 27.1. The summed E-state index contributed by atoms with van der Waals surface area (Å²) < 4.78 is 47.1. The molecule has 0 bridgehead atoms. The number of carboxylic acids is 1. The number of ether oxygens (including phenoxy) is 2. The Morgan fingerprint density at radius 1 is 1.08 bits per heavy atom. The third kappa shape index (κ3) is 7.04. The molecule has 0 saturated heterocycles. The number of carbonyl (C=O) groups is 2. The van der Waals surface area contributed by atoms with Crippen LogP contribution >= 0.6 is 11.6 Å². The van der Waals surface area contributed by atoms with Crippen molar-refractivity contribution in [1.29, 1.82) is 0 Å². The van der Waals surface area contributed by atoms with Gasteiger partial charge >= 0.3 is 12.3 Å². The van der Waals surface area contributed by atoms with Crippen molar-refractivity contribution in [2.45, 2.75) is 45.7 Å². The second-order valence-corrected chi connectivity index (χ2v) is 8.78. The summed E-state index contributed by atoms with van der Waals surface area (Å²) in [4.78, 5) is 25.0. The Morgan fingerprint density at radius 3 is 2.36 bits per heavy atom. The highest BCUT2D eigenvalue weighted by molar-refractivity contribution is 6.31. The Kier molecular flexibility index (Phi) is 8.68. The number of alkyl halides is 3. The van der Waals surface area contributed by atoms with Crippen LogP contribution in [0, 0.1) is 5.92 Å². The number of halogens is 4. The van der Waals surface area contributed by atoms with Crippen molar-refractivity contribution in [3.05, 3.63) is 70.7 Å². The van der Waals surface area contributed by atoms with E-state index in [1.54, 1.807) is 31.2 Å². The Hall–Kier alpha value is -3.46. The Bertz CT molecular complexity index is 1230. The number of benzene rings is 3. The van der Waals surface area contributed by atoms with E-state index in [-0.39, 0.29) is 29.6 Å². The van der Waals surface area contributed by atoms with E-state index in [0.717, 1.165) is 23.9 Å². The molecule has 0 fully saturated rings. The summed E-state index contributed by atoms with van der Waals surface area (Å²) in [6, 6.07) is 12.3. The number of carboxylic acid groups (broad SMARTS) is 1. The number of aliphatic carboxylic acids is 1. The van der Waals surface area contributed by atoms with Crippen molar-refractivity contribution in [2.24, 2.45) is 5.92 Å². The molecule has 0 saturated carbocycles. The molecule has 0 radical (unpaired) electrons. The summed E-state index contributed by atoms with van der Waals surface area (Å²) in [5, 5.41) is 13.9. The number of amides is 1. The highest BCUT2D eigenvalue weighted by atomic mass is 35.5. The highest BCUT2D eigenvalue weighted by Gasteiger charge is 2.31. The Balaban J connectivity index is 1.91. The molecule has 0 heterocycles. The van der Waals surface area contributed by atoms with E-state index in [4.69, 9.17) is 16.3 Å². The van der Waals surface area contributed by atoms with Crippen molar-refractivity contribution in [3.63, 3.8) is 0 Å². The van der Waals surface area contributed by atoms with E-state index in [1.807, 2.05) is 6.92 Å². The zero-order chi connectivity index (χ0) is 26.5. The molecule has 0 aliphatic carbocycles. The van der Waals surface area contributed by atoms with Gasteiger partial charge in [-0.05, 0) is 53.6 Å². The second-order valence-electron chi connectivity index (χ2n) is 8.34. The summed E-state index contributed by atoms with van der Waals surface area (Å²) in [7, 11) is 0. The molecule has 6 nitrogen and oxygen atoms in total. The average Bonchev–Trinajstić information content (AvgIpc) is 2.80. The van der Waals surface area contributed by atoms with Crippen LogP contribution in [-0.4, -0.2) is 29.4 Å². The molecular weight excluding hydrogens is 499 g/mol. The second kappa shape index (κ2) is 11.5. The molecule has 3 rings (SSSR count). The van der Waals surface area contributed by atoms with E-state index < -0.39 is 24.3 Å². The van der Waals surface area contributed by atoms with E-state index in [2.05, 4.69) is 10.1 Å². The van der Waals surface area contributed by atoms with Crippen LogP contribution in [0.5, 0.6) is 11.5 Å². The van der Waals surface area contributed by atoms with Crippen LogP contribution in [0.4, 0.5) is 13.2 Å². The van der Waals surface area contributed by atoms with Gasteiger partial charge in [0, 0.05) is 10.4 Å². The predicted molar refractivity (Wildman–Crippen MR) is 129 cm³/mol. The van der Waals surface area contributed by atoms with E-state index >= 15 is 0 Å². The smallest absolute Gasteiger partial charge is 0.487 e. The minimum Gasteiger partial charge on any atom is -0.487 e. The van der Waals surface area contributed by atoms with Crippen LogP contribution in [0.25, 0.3) is 10.8 Å². The number of hydrogen-bond donors (Lipinski definition) is 2. The van der Waals surface area contributed by atoms with Gasteiger partial charge < -0.3 is 19.9 Å². The summed E-state index contributed by atoms with van der Waals surface area (Å²) in [5.74, 6) is -2.26. The summed E-state index contributed by atoms with van der Waals surface area (Å²) in [5.41, 5.74) is 0.631. The third-order valence-electron chi connectivity index (χ3n) is 5.58. The SMILES string of the molecule is CCCC(C)C(NC(=O)c1ccc2ccc(Cl)cc2c1OCc1ccc(OC(F)(F)F)cc1)C(=O)O. The zero-order valence-corrected chi connectivity index (χ0v) is 20.3. The van der Waals surface area contributed by atoms with Crippen LogP contribution in [0.2, 0.25) is 5.02 Å². The predicted octanol–water partition coefficient (Wildman–Crippen LogP) is 6.59. The van der Waals surface area contributed by atoms with Gasteiger partial charge in [-0.1, -0.05) is 56.1 Å². The van der Waals surface area contributed by atoms with Gasteiger partial charge in [-0.25, -0.2) is 4.79 Å². The highest BCUT2D eigenvalue weighted by Crippen LogP contribution is 2.33. The molecule has 0 spiro atoms.